The third-order valence-corrected chi connectivity index (χ3v) is 22.1. The first-order chi connectivity index (χ1) is 12.2. The normalized spacial score (nSPS) is 14.6. The monoisotopic (exact) mass is 480 g/mol. The van der Waals surface area contributed by atoms with E-state index >= 15 is 0 Å². The molecule has 0 aromatic rings. The fourth-order valence-electron chi connectivity index (χ4n) is 2.75. The fourth-order valence-corrected chi connectivity index (χ4v) is 22.0. The van der Waals surface area contributed by atoms with Gasteiger partial charge in [0.15, 0.2) is 16.6 Å². The van der Waals surface area contributed by atoms with Gasteiger partial charge in [-0.3, -0.25) is 0 Å². The molecule has 28 heavy (non-hydrogen) atoms. The fraction of sp³-hybridized carbons (Fsp3) is 0.833. The molecule has 0 aliphatic rings. The summed E-state index contributed by atoms with van der Waals surface area (Å²) in [5.41, 5.74) is 0.420. The van der Waals surface area contributed by atoms with Crippen LogP contribution in [0.2, 0.25) is 71.0 Å². The molecule has 0 spiro atoms. The number of hydrogen-bond acceptors (Lipinski definition) is 5. The van der Waals surface area contributed by atoms with Crippen LogP contribution in [0.25, 0.3) is 0 Å². The molecular formula is C18H44O5Si5. The first-order valence-electron chi connectivity index (χ1n) is 10.1. The molecule has 0 amide bonds. The minimum absolute atomic E-state index is 0.345. The van der Waals surface area contributed by atoms with Crippen LogP contribution in [0.4, 0.5) is 0 Å². The van der Waals surface area contributed by atoms with E-state index in [4.69, 9.17) is 17.1 Å². The summed E-state index contributed by atoms with van der Waals surface area (Å²) in [6.45, 7) is 29.1. The van der Waals surface area contributed by atoms with E-state index < -0.39 is 48.5 Å². The van der Waals surface area contributed by atoms with E-state index in [1.165, 1.54) is 0 Å². The highest BCUT2D eigenvalue weighted by molar-refractivity contribution is 6.88. The molecule has 0 rings (SSSR count). The van der Waals surface area contributed by atoms with Crippen LogP contribution in [-0.4, -0.2) is 54.5 Å². The van der Waals surface area contributed by atoms with Crippen molar-refractivity contribution in [3.63, 3.8) is 0 Å². The molecule has 0 saturated heterocycles. The number of carbonyl (C=O) groups excluding carboxylic acids is 1. The van der Waals surface area contributed by atoms with E-state index in [-0.39, 0.29) is 5.97 Å². The maximum Gasteiger partial charge on any atom is 0.333 e. The molecule has 0 aromatic carbocycles. The van der Waals surface area contributed by atoms with E-state index in [9.17, 15) is 4.79 Å². The molecule has 0 aromatic heterocycles. The molecule has 0 fully saturated rings. The van der Waals surface area contributed by atoms with E-state index in [1.807, 2.05) is 13.8 Å². The summed E-state index contributed by atoms with van der Waals surface area (Å²) >= 11 is 0. The maximum absolute atomic E-state index is 12.0. The third kappa shape index (κ3) is 10.8. The summed E-state index contributed by atoms with van der Waals surface area (Å²) in [5, 5.41) is -0.597. The van der Waals surface area contributed by atoms with Gasteiger partial charge in [0.1, 0.15) is 15.0 Å². The Kier molecular flexibility index (Phi) is 10.0. The number of hydrogen-bond donors (Lipinski definition) is 0. The van der Waals surface area contributed by atoms with Crippen LogP contribution in [0.3, 0.4) is 0 Å². The summed E-state index contributed by atoms with van der Waals surface area (Å²) < 4.78 is 25.3. The zero-order valence-electron chi connectivity index (χ0n) is 20.4. The lowest BCUT2D eigenvalue weighted by atomic mass is 10.3. The first kappa shape index (κ1) is 28.2. The van der Waals surface area contributed by atoms with Crippen molar-refractivity contribution in [3.8, 4) is 0 Å². The van der Waals surface area contributed by atoms with Crippen molar-refractivity contribution in [1.29, 1.82) is 0 Å². The largest absolute Gasteiger partial charge is 0.458 e. The lowest BCUT2D eigenvalue weighted by Crippen LogP contribution is -2.56. The Labute approximate surface area is 180 Å². The van der Waals surface area contributed by atoms with Crippen molar-refractivity contribution >= 4 is 49.2 Å². The van der Waals surface area contributed by atoms with Crippen LogP contribution in [0.15, 0.2) is 12.2 Å². The van der Waals surface area contributed by atoms with Gasteiger partial charge in [0.25, 0.3) is 0 Å². The van der Waals surface area contributed by atoms with Gasteiger partial charge in [-0.05, 0) is 91.8 Å². The summed E-state index contributed by atoms with van der Waals surface area (Å²) in [4.78, 5) is 12.0. The van der Waals surface area contributed by atoms with Crippen LogP contribution in [0.1, 0.15) is 20.8 Å². The average Bonchev–Trinajstić information content (AvgIpc) is 2.38. The zero-order chi connectivity index (χ0) is 22.6. The number of rotatable bonds is 12. The Morgan fingerprint density at radius 3 is 1.71 bits per heavy atom. The van der Waals surface area contributed by atoms with Crippen LogP contribution >= 0.6 is 0 Å². The van der Waals surface area contributed by atoms with Crippen LogP contribution in [-0.2, 0) is 21.9 Å². The average molecular weight is 481 g/mol. The van der Waals surface area contributed by atoms with E-state index in [2.05, 4.69) is 65.5 Å². The van der Waals surface area contributed by atoms with Crippen LogP contribution in [0, 0.1) is 0 Å². The Balaban J connectivity index is 4.93. The summed E-state index contributed by atoms with van der Waals surface area (Å²) in [5.74, 6) is -0.345. The second kappa shape index (κ2) is 9.99. The van der Waals surface area contributed by atoms with Gasteiger partial charge in [0.05, 0.1) is 0 Å². The lowest BCUT2D eigenvalue weighted by molar-refractivity contribution is -0.146. The van der Waals surface area contributed by atoms with Gasteiger partial charge in [0, 0.05) is 5.57 Å². The number of ether oxygens (including phenoxy) is 1. The molecule has 0 saturated carbocycles. The van der Waals surface area contributed by atoms with Gasteiger partial charge < -0.3 is 17.1 Å². The molecule has 0 aliphatic carbocycles. The van der Waals surface area contributed by atoms with Gasteiger partial charge in [-0.2, -0.15) is 0 Å². The van der Waals surface area contributed by atoms with Crippen molar-refractivity contribution in [2.24, 2.45) is 0 Å². The zero-order valence-corrected chi connectivity index (χ0v) is 25.8. The highest BCUT2D eigenvalue weighted by atomic mass is 28.5. The standard InChI is InChI=1S/C18H44O5Si5/c1-16(2)17(19)20-18(3,4)27(11,12)21-24-14-15-28(13,22-25(5,6)7)23-26(8,9)10/h1,14-15,24H2,2-13H3. The Hall–Kier alpha value is 0.174. The van der Waals surface area contributed by atoms with Gasteiger partial charge in [0.2, 0.25) is 8.32 Å². The molecule has 0 N–H and O–H groups in total. The predicted octanol–water partition coefficient (Wildman–Crippen LogP) is 4.92. The van der Waals surface area contributed by atoms with Crippen LogP contribution < -0.4 is 0 Å². The van der Waals surface area contributed by atoms with E-state index in [0.717, 1.165) is 12.1 Å². The Bertz CT molecular complexity index is 534. The predicted molar refractivity (Wildman–Crippen MR) is 132 cm³/mol. The molecule has 0 radical (unpaired) electrons. The Morgan fingerprint density at radius 2 is 1.36 bits per heavy atom. The number of carbonyl (C=O) groups is 1. The van der Waals surface area contributed by atoms with Crippen molar-refractivity contribution in [1.82, 2.24) is 0 Å². The highest BCUT2D eigenvalue weighted by Crippen LogP contribution is 2.28. The molecule has 5 nitrogen and oxygen atoms in total. The SMILES string of the molecule is C=C(C)C(=O)OC(C)(C)[Si](C)(C)O[SiH2]CC[Si](C)(O[Si](C)(C)C)O[Si](C)(C)C. The third-order valence-electron chi connectivity index (χ3n) is 4.43. The molecule has 0 heterocycles. The van der Waals surface area contributed by atoms with Gasteiger partial charge in [-0.25, -0.2) is 4.79 Å². The van der Waals surface area contributed by atoms with Crippen molar-refractivity contribution in [2.75, 3.05) is 0 Å². The summed E-state index contributed by atoms with van der Waals surface area (Å²) in [6.07, 6.45) is 0. The molecule has 0 atom stereocenters. The van der Waals surface area contributed by atoms with Gasteiger partial charge in [-0.15, -0.1) is 0 Å². The van der Waals surface area contributed by atoms with Crippen molar-refractivity contribution < 1.29 is 21.9 Å². The minimum atomic E-state index is -2.21. The Morgan fingerprint density at radius 1 is 0.929 bits per heavy atom. The first-order valence-corrected chi connectivity index (χ1v) is 24.0. The molecular weight excluding hydrogens is 437 g/mol. The minimum Gasteiger partial charge on any atom is -0.458 e. The molecule has 0 aliphatic heterocycles. The lowest BCUT2D eigenvalue weighted by Gasteiger charge is -2.40. The van der Waals surface area contributed by atoms with Crippen LogP contribution in [0.5, 0.6) is 0 Å². The number of esters is 1. The highest BCUT2D eigenvalue weighted by Gasteiger charge is 2.45. The summed E-state index contributed by atoms with van der Waals surface area (Å²) in [6, 6.07) is 2.00. The second-order valence-electron chi connectivity index (χ2n) is 10.7. The topological polar surface area (TPSA) is 54.0 Å². The van der Waals surface area contributed by atoms with E-state index in [0.29, 0.717) is 5.57 Å². The molecule has 0 unspecified atom stereocenters. The van der Waals surface area contributed by atoms with Crippen molar-refractivity contribution in [3.05, 3.63) is 12.2 Å². The smallest absolute Gasteiger partial charge is 0.333 e. The molecule has 0 bridgehead atoms. The van der Waals surface area contributed by atoms with Gasteiger partial charge in [-0.1, -0.05) is 6.58 Å². The molecule has 166 valence electrons. The van der Waals surface area contributed by atoms with Crippen molar-refractivity contribution in [2.45, 2.75) is 97.0 Å². The summed E-state index contributed by atoms with van der Waals surface area (Å²) in [7, 11) is -8.51. The quantitative estimate of drug-likeness (QED) is 0.172. The maximum atomic E-state index is 12.0. The van der Waals surface area contributed by atoms with E-state index in [1.54, 1.807) is 6.92 Å². The molecule has 10 heteroatoms. The van der Waals surface area contributed by atoms with Gasteiger partial charge >= 0.3 is 14.5 Å². The second-order valence-corrected chi connectivity index (χ2v) is 30.1.